The van der Waals surface area contributed by atoms with E-state index < -0.39 is 6.03 Å². The van der Waals surface area contributed by atoms with Gasteiger partial charge in [-0.05, 0) is 24.6 Å². The van der Waals surface area contributed by atoms with Crippen molar-refractivity contribution in [3.63, 3.8) is 0 Å². The molecule has 0 aliphatic carbocycles. The van der Waals surface area contributed by atoms with Crippen LogP contribution in [0, 0.1) is 0 Å². The standard InChI is InChI=1S/C15H18ClN7O2/c16-10-1-2-13(23-9-18-8-19-23)12(5-10)21-14(24)7-22-4-3-11(6-22)20-15(17)25/h1-2,5,8-9,11H,3-4,6-7H2,(H,21,24)(H3,17,20,25). The average Bonchev–Trinajstić information content (AvgIpc) is 3.19. The summed E-state index contributed by atoms with van der Waals surface area (Å²) in [5.74, 6) is -0.177. The molecule has 9 nitrogen and oxygen atoms in total. The predicted octanol–water partition coefficient (Wildman–Crippen LogP) is 0.602. The molecule has 1 saturated heterocycles. The molecule has 1 aromatic carbocycles. The minimum atomic E-state index is -0.548. The number of carbonyl (C=O) groups excluding carboxylic acids is 2. The number of nitrogens with zero attached hydrogens (tertiary/aromatic N) is 4. The fraction of sp³-hybridized carbons (Fsp3) is 0.333. The number of halogens is 1. The van der Waals surface area contributed by atoms with Gasteiger partial charge >= 0.3 is 6.03 Å². The van der Waals surface area contributed by atoms with E-state index in [1.807, 2.05) is 4.90 Å². The van der Waals surface area contributed by atoms with Crippen molar-refractivity contribution in [3.05, 3.63) is 35.9 Å². The zero-order chi connectivity index (χ0) is 17.8. The summed E-state index contributed by atoms with van der Waals surface area (Å²) in [6.07, 6.45) is 3.72. The summed E-state index contributed by atoms with van der Waals surface area (Å²) in [5, 5.41) is 10.1. The molecule has 2 aromatic rings. The van der Waals surface area contributed by atoms with Gasteiger partial charge < -0.3 is 16.4 Å². The van der Waals surface area contributed by atoms with Crippen LogP contribution in [-0.4, -0.2) is 57.3 Å². The molecule has 3 amide bonds. The highest BCUT2D eigenvalue weighted by Gasteiger charge is 2.25. The lowest BCUT2D eigenvalue weighted by Gasteiger charge is -2.17. The zero-order valence-electron chi connectivity index (χ0n) is 13.4. The van der Waals surface area contributed by atoms with Crippen molar-refractivity contribution in [2.45, 2.75) is 12.5 Å². The summed E-state index contributed by atoms with van der Waals surface area (Å²) in [6, 6.07) is 4.57. The van der Waals surface area contributed by atoms with Crippen LogP contribution >= 0.6 is 11.6 Å². The Bertz CT molecular complexity index is 765. The Morgan fingerprint density at radius 1 is 1.40 bits per heavy atom. The smallest absolute Gasteiger partial charge is 0.312 e. The molecule has 25 heavy (non-hydrogen) atoms. The van der Waals surface area contributed by atoms with Gasteiger partial charge in [0.05, 0.1) is 17.9 Å². The molecule has 2 heterocycles. The van der Waals surface area contributed by atoms with Gasteiger partial charge in [-0.2, -0.15) is 5.10 Å². The first-order valence-corrected chi connectivity index (χ1v) is 8.12. The van der Waals surface area contributed by atoms with E-state index in [1.54, 1.807) is 29.2 Å². The Hall–Kier alpha value is -2.65. The van der Waals surface area contributed by atoms with Gasteiger partial charge in [0, 0.05) is 24.2 Å². The van der Waals surface area contributed by atoms with Crippen molar-refractivity contribution in [1.82, 2.24) is 25.0 Å². The maximum atomic E-state index is 12.4. The molecule has 4 N–H and O–H groups in total. The van der Waals surface area contributed by atoms with Crippen LogP contribution in [-0.2, 0) is 4.79 Å². The number of anilines is 1. The van der Waals surface area contributed by atoms with Gasteiger partial charge in [-0.3, -0.25) is 9.69 Å². The van der Waals surface area contributed by atoms with Crippen LogP contribution in [0.5, 0.6) is 0 Å². The molecule has 1 atom stereocenters. The van der Waals surface area contributed by atoms with Crippen LogP contribution in [0.3, 0.4) is 0 Å². The quantitative estimate of drug-likeness (QED) is 0.719. The van der Waals surface area contributed by atoms with Gasteiger partial charge in [-0.25, -0.2) is 14.5 Å². The lowest BCUT2D eigenvalue weighted by atomic mass is 10.2. The first-order chi connectivity index (χ1) is 12.0. The van der Waals surface area contributed by atoms with Crippen LogP contribution < -0.4 is 16.4 Å². The monoisotopic (exact) mass is 363 g/mol. The third-order valence-corrected chi connectivity index (χ3v) is 4.12. The number of benzene rings is 1. The van der Waals surface area contributed by atoms with Crippen molar-refractivity contribution in [1.29, 1.82) is 0 Å². The number of hydrogen-bond donors (Lipinski definition) is 3. The van der Waals surface area contributed by atoms with Crippen molar-refractivity contribution < 1.29 is 9.59 Å². The van der Waals surface area contributed by atoms with Gasteiger partial charge in [0.1, 0.15) is 12.7 Å². The minimum absolute atomic E-state index is 0.0258. The van der Waals surface area contributed by atoms with E-state index in [-0.39, 0.29) is 18.5 Å². The first kappa shape index (κ1) is 17.2. The number of nitrogens with one attached hydrogen (secondary N) is 2. The van der Waals surface area contributed by atoms with Gasteiger partial charge in [0.2, 0.25) is 5.91 Å². The van der Waals surface area contributed by atoms with Crippen molar-refractivity contribution in [3.8, 4) is 5.69 Å². The molecule has 1 unspecified atom stereocenters. The molecule has 0 bridgehead atoms. The largest absolute Gasteiger partial charge is 0.352 e. The highest BCUT2D eigenvalue weighted by atomic mass is 35.5. The van der Waals surface area contributed by atoms with Crippen LogP contribution in [0.1, 0.15) is 6.42 Å². The summed E-state index contributed by atoms with van der Waals surface area (Å²) in [6.45, 7) is 1.51. The molecule has 0 spiro atoms. The summed E-state index contributed by atoms with van der Waals surface area (Å²) in [4.78, 5) is 29.1. The van der Waals surface area contributed by atoms with E-state index in [4.69, 9.17) is 17.3 Å². The van der Waals surface area contributed by atoms with E-state index >= 15 is 0 Å². The summed E-state index contributed by atoms with van der Waals surface area (Å²) in [7, 11) is 0. The van der Waals surface area contributed by atoms with E-state index in [0.717, 1.165) is 6.42 Å². The molecule has 10 heteroatoms. The Morgan fingerprint density at radius 3 is 2.96 bits per heavy atom. The number of primary amides is 1. The summed E-state index contributed by atoms with van der Waals surface area (Å²) >= 11 is 6.04. The molecule has 1 aliphatic heterocycles. The third-order valence-electron chi connectivity index (χ3n) is 3.88. The molecule has 1 aliphatic rings. The number of aromatic nitrogens is 3. The fourth-order valence-electron chi connectivity index (χ4n) is 2.83. The molecule has 0 radical (unpaired) electrons. The summed E-state index contributed by atoms with van der Waals surface area (Å²) < 4.78 is 1.55. The number of hydrogen-bond acceptors (Lipinski definition) is 5. The normalized spacial score (nSPS) is 17.4. The summed E-state index contributed by atoms with van der Waals surface area (Å²) in [5.41, 5.74) is 6.35. The molecule has 1 fully saturated rings. The highest BCUT2D eigenvalue weighted by Crippen LogP contribution is 2.24. The first-order valence-electron chi connectivity index (χ1n) is 7.74. The van der Waals surface area contributed by atoms with E-state index in [1.165, 1.54) is 6.33 Å². The fourth-order valence-corrected chi connectivity index (χ4v) is 3.00. The van der Waals surface area contributed by atoms with Crippen LogP contribution in [0.25, 0.3) is 5.69 Å². The molecular formula is C15H18ClN7O2. The number of nitrogens with two attached hydrogens (primary N) is 1. The van der Waals surface area contributed by atoms with Crippen molar-refractivity contribution in [2.24, 2.45) is 5.73 Å². The lowest BCUT2D eigenvalue weighted by Crippen LogP contribution is -2.41. The number of urea groups is 1. The highest BCUT2D eigenvalue weighted by molar-refractivity contribution is 6.31. The topological polar surface area (TPSA) is 118 Å². The molecule has 0 saturated carbocycles. The Balaban J connectivity index is 1.64. The Labute approximate surface area is 149 Å². The van der Waals surface area contributed by atoms with Gasteiger partial charge in [-0.15, -0.1) is 0 Å². The lowest BCUT2D eigenvalue weighted by molar-refractivity contribution is -0.117. The maximum absolute atomic E-state index is 12.4. The van der Waals surface area contributed by atoms with Gasteiger partial charge in [0.25, 0.3) is 0 Å². The zero-order valence-corrected chi connectivity index (χ0v) is 14.1. The second-order valence-electron chi connectivity index (χ2n) is 5.78. The SMILES string of the molecule is NC(=O)NC1CCN(CC(=O)Nc2cc(Cl)ccc2-n2cncn2)C1. The third kappa shape index (κ3) is 4.46. The van der Waals surface area contributed by atoms with Crippen LogP contribution in [0.15, 0.2) is 30.9 Å². The maximum Gasteiger partial charge on any atom is 0.312 e. The van der Waals surface area contributed by atoms with E-state index in [0.29, 0.717) is 29.5 Å². The van der Waals surface area contributed by atoms with E-state index in [2.05, 4.69) is 20.7 Å². The van der Waals surface area contributed by atoms with Crippen LogP contribution in [0.2, 0.25) is 5.02 Å². The minimum Gasteiger partial charge on any atom is -0.352 e. The van der Waals surface area contributed by atoms with Crippen molar-refractivity contribution in [2.75, 3.05) is 25.0 Å². The van der Waals surface area contributed by atoms with Gasteiger partial charge in [0.15, 0.2) is 0 Å². The number of likely N-dealkylation sites (tertiary alicyclic amines) is 1. The average molecular weight is 364 g/mol. The second kappa shape index (κ2) is 7.49. The van der Waals surface area contributed by atoms with Crippen molar-refractivity contribution >= 4 is 29.2 Å². The molecule has 132 valence electrons. The van der Waals surface area contributed by atoms with Crippen LogP contribution in [0.4, 0.5) is 10.5 Å². The number of amides is 3. The number of carbonyl (C=O) groups is 2. The van der Waals surface area contributed by atoms with E-state index in [9.17, 15) is 9.59 Å². The predicted molar refractivity (Wildman–Crippen MR) is 92.6 cm³/mol. The second-order valence-corrected chi connectivity index (χ2v) is 6.22. The Morgan fingerprint density at radius 2 is 2.24 bits per heavy atom. The molecular weight excluding hydrogens is 346 g/mol. The molecule has 3 rings (SSSR count). The number of rotatable bonds is 5. The molecule has 1 aromatic heterocycles. The Kier molecular flexibility index (Phi) is 5.15. The van der Waals surface area contributed by atoms with Gasteiger partial charge in [-0.1, -0.05) is 11.6 Å².